The molecule has 0 unspecified atom stereocenters. The van der Waals surface area contributed by atoms with Crippen molar-refractivity contribution in [3.8, 4) is 0 Å². The van der Waals surface area contributed by atoms with Crippen molar-refractivity contribution >= 4 is 40.0 Å². The van der Waals surface area contributed by atoms with Crippen LogP contribution in [0.15, 0.2) is 16.0 Å². The number of H-pyrrole nitrogens is 1. The zero-order valence-corrected chi connectivity index (χ0v) is 19.0. The molecule has 0 saturated heterocycles. The molecule has 0 bridgehead atoms. The molecule has 2 aromatic heterocycles. The monoisotopic (exact) mass is 449 g/mol. The molecule has 0 saturated carbocycles. The number of aryl methyl sites for hydroxylation is 2. The van der Waals surface area contributed by atoms with Crippen LogP contribution in [0, 0.1) is 0 Å². The number of carbonyl (C=O) groups excluding carboxylic acids is 2. The maximum absolute atomic E-state index is 12.6. The van der Waals surface area contributed by atoms with E-state index in [1.165, 1.54) is 29.2 Å². The van der Waals surface area contributed by atoms with Gasteiger partial charge in [0.15, 0.2) is 5.16 Å². The molecule has 2 heterocycles. The third-order valence-electron chi connectivity index (χ3n) is 4.77. The van der Waals surface area contributed by atoms with Gasteiger partial charge >= 0.3 is 5.97 Å². The Kier molecular flexibility index (Phi) is 8.09. The van der Waals surface area contributed by atoms with E-state index in [-0.39, 0.29) is 23.2 Å². The lowest BCUT2D eigenvalue weighted by molar-refractivity contribution is -0.113. The maximum Gasteiger partial charge on any atom is 0.341 e. The van der Waals surface area contributed by atoms with Crippen LogP contribution >= 0.6 is 23.1 Å². The number of hydrogen-bond acceptors (Lipinski definition) is 7. The molecule has 2 N–H and O–H groups in total. The third kappa shape index (κ3) is 5.72. The summed E-state index contributed by atoms with van der Waals surface area (Å²) in [4.78, 5) is 45.2. The molecule has 7 nitrogen and oxygen atoms in total. The summed E-state index contributed by atoms with van der Waals surface area (Å²) in [7, 11) is 0. The number of hydrogen-bond donors (Lipinski definition) is 2. The first-order chi connectivity index (χ1) is 14.5. The first-order valence-corrected chi connectivity index (χ1v) is 12.2. The van der Waals surface area contributed by atoms with Gasteiger partial charge in [0.05, 0.1) is 17.9 Å². The number of amides is 1. The summed E-state index contributed by atoms with van der Waals surface area (Å²) in [5, 5.41) is 3.88. The van der Waals surface area contributed by atoms with Crippen LogP contribution in [-0.4, -0.2) is 34.2 Å². The van der Waals surface area contributed by atoms with E-state index < -0.39 is 0 Å². The third-order valence-corrected chi connectivity index (χ3v) is 6.85. The number of thioether (sulfide) groups is 1. The minimum absolute atomic E-state index is 0.0867. The highest BCUT2D eigenvalue weighted by Gasteiger charge is 2.26. The van der Waals surface area contributed by atoms with Gasteiger partial charge < -0.3 is 15.0 Å². The lowest BCUT2D eigenvalue weighted by atomic mass is 10.1. The molecule has 30 heavy (non-hydrogen) atoms. The van der Waals surface area contributed by atoms with Gasteiger partial charge in [-0.15, -0.1) is 11.3 Å². The van der Waals surface area contributed by atoms with Crippen molar-refractivity contribution in [1.29, 1.82) is 0 Å². The summed E-state index contributed by atoms with van der Waals surface area (Å²) < 4.78 is 5.26. The zero-order chi connectivity index (χ0) is 21.5. The zero-order valence-electron chi connectivity index (χ0n) is 17.3. The van der Waals surface area contributed by atoms with Gasteiger partial charge in [-0.05, 0) is 44.6 Å². The lowest BCUT2D eigenvalue weighted by Gasteiger charge is -2.08. The minimum Gasteiger partial charge on any atom is -0.462 e. The molecule has 1 aliphatic carbocycles. The first-order valence-electron chi connectivity index (χ1n) is 10.4. The van der Waals surface area contributed by atoms with Crippen LogP contribution in [0.25, 0.3) is 0 Å². The average Bonchev–Trinajstić information content (AvgIpc) is 2.87. The van der Waals surface area contributed by atoms with Crippen molar-refractivity contribution in [3.05, 3.63) is 38.1 Å². The minimum atomic E-state index is -0.377. The van der Waals surface area contributed by atoms with E-state index in [0.717, 1.165) is 54.7 Å². The molecule has 3 rings (SSSR count). The molecule has 0 aromatic carbocycles. The Morgan fingerprint density at radius 2 is 2.07 bits per heavy atom. The van der Waals surface area contributed by atoms with Gasteiger partial charge in [-0.2, -0.15) is 0 Å². The quantitative estimate of drug-likeness (QED) is 0.274. The average molecular weight is 450 g/mol. The second-order valence-electron chi connectivity index (χ2n) is 7.12. The smallest absolute Gasteiger partial charge is 0.341 e. The second kappa shape index (κ2) is 10.8. The largest absolute Gasteiger partial charge is 0.462 e. The van der Waals surface area contributed by atoms with Gasteiger partial charge in [-0.1, -0.05) is 31.5 Å². The van der Waals surface area contributed by atoms with E-state index in [9.17, 15) is 14.4 Å². The van der Waals surface area contributed by atoms with Gasteiger partial charge in [0.2, 0.25) is 5.91 Å². The van der Waals surface area contributed by atoms with E-state index in [1.807, 2.05) is 6.92 Å². The van der Waals surface area contributed by atoms with Crippen LogP contribution in [-0.2, 0) is 28.8 Å². The van der Waals surface area contributed by atoms with Crippen LogP contribution in [0.3, 0.4) is 0 Å². The molecule has 0 aliphatic heterocycles. The molecule has 2 aromatic rings. The van der Waals surface area contributed by atoms with E-state index >= 15 is 0 Å². The molecule has 1 aliphatic rings. The Labute approximate surface area is 184 Å². The van der Waals surface area contributed by atoms with Crippen LogP contribution in [0.2, 0.25) is 0 Å². The molecule has 1 amide bonds. The van der Waals surface area contributed by atoms with Crippen molar-refractivity contribution in [1.82, 2.24) is 9.97 Å². The fraction of sp³-hybridized carbons (Fsp3) is 0.524. The van der Waals surface area contributed by atoms with E-state index in [4.69, 9.17) is 4.74 Å². The number of rotatable bonds is 8. The Hall–Kier alpha value is -2.13. The lowest BCUT2D eigenvalue weighted by Crippen LogP contribution is -2.17. The van der Waals surface area contributed by atoms with Crippen molar-refractivity contribution in [2.45, 2.75) is 63.9 Å². The van der Waals surface area contributed by atoms with Crippen molar-refractivity contribution in [2.75, 3.05) is 17.7 Å². The van der Waals surface area contributed by atoms with E-state index in [2.05, 4.69) is 15.3 Å². The van der Waals surface area contributed by atoms with E-state index in [0.29, 0.717) is 28.7 Å². The summed E-state index contributed by atoms with van der Waals surface area (Å²) in [6.45, 7) is 4.09. The van der Waals surface area contributed by atoms with Crippen molar-refractivity contribution in [3.63, 3.8) is 0 Å². The summed E-state index contributed by atoms with van der Waals surface area (Å²) in [5.74, 6) is -0.535. The van der Waals surface area contributed by atoms with Gasteiger partial charge in [0.1, 0.15) is 5.00 Å². The fourth-order valence-corrected chi connectivity index (χ4v) is 5.47. The maximum atomic E-state index is 12.6. The van der Waals surface area contributed by atoms with Gasteiger partial charge in [-0.25, -0.2) is 9.78 Å². The number of thiophene rings is 1. The molecular formula is C21H27N3O4S2. The number of nitrogens with one attached hydrogen (secondary N) is 2. The molecule has 0 atom stereocenters. The summed E-state index contributed by atoms with van der Waals surface area (Å²) in [5.41, 5.74) is 2.03. The topological polar surface area (TPSA) is 101 Å². The molecule has 0 spiro atoms. The number of aromatic nitrogens is 2. The highest BCUT2D eigenvalue weighted by Crippen LogP contribution is 2.38. The van der Waals surface area contributed by atoms with Crippen molar-refractivity contribution in [2.24, 2.45) is 0 Å². The number of ether oxygens (including phenoxy) is 1. The van der Waals surface area contributed by atoms with Crippen LogP contribution in [0.5, 0.6) is 0 Å². The van der Waals surface area contributed by atoms with Crippen LogP contribution < -0.4 is 10.9 Å². The normalized spacial score (nSPS) is 13.4. The SMILES string of the molecule is CCCc1cc(=O)[nH]c(SCC(=O)Nc2sc3c(c2C(=O)OCC)CCCCC3)n1. The Balaban J connectivity index is 1.73. The van der Waals surface area contributed by atoms with Crippen molar-refractivity contribution < 1.29 is 14.3 Å². The Morgan fingerprint density at radius 3 is 2.83 bits per heavy atom. The predicted octanol–water partition coefficient (Wildman–Crippen LogP) is 3.96. The number of fused-ring (bicyclic) bond motifs is 1. The Morgan fingerprint density at radius 1 is 1.27 bits per heavy atom. The Bertz CT molecular complexity index is 968. The van der Waals surface area contributed by atoms with Crippen LogP contribution in [0.4, 0.5) is 5.00 Å². The summed E-state index contributed by atoms with van der Waals surface area (Å²) >= 11 is 2.65. The highest BCUT2D eigenvalue weighted by atomic mass is 32.2. The molecule has 0 fully saturated rings. The van der Waals surface area contributed by atoms with Gasteiger partial charge in [0.25, 0.3) is 5.56 Å². The number of aromatic amines is 1. The molecular weight excluding hydrogens is 422 g/mol. The second-order valence-corrected chi connectivity index (χ2v) is 9.19. The summed E-state index contributed by atoms with van der Waals surface area (Å²) in [6, 6.07) is 1.48. The fourth-order valence-electron chi connectivity index (χ4n) is 3.48. The molecule has 162 valence electrons. The highest BCUT2D eigenvalue weighted by molar-refractivity contribution is 7.99. The number of nitrogens with zero attached hydrogens (tertiary/aromatic N) is 1. The number of esters is 1. The van der Waals surface area contributed by atoms with Gasteiger partial charge in [0, 0.05) is 16.6 Å². The van der Waals surface area contributed by atoms with Crippen LogP contribution in [0.1, 0.15) is 66.0 Å². The summed E-state index contributed by atoms with van der Waals surface area (Å²) in [6.07, 6.45) is 6.63. The molecule has 9 heteroatoms. The standard InChI is InChI=1S/C21H27N3O4S2/c1-3-8-13-11-16(25)24-21(22-13)29-12-17(26)23-19-18(20(27)28-4-2)14-9-6-5-7-10-15(14)30-19/h11H,3-10,12H2,1-2H3,(H,23,26)(H,22,24,25). The predicted molar refractivity (Wildman–Crippen MR) is 120 cm³/mol. The van der Waals surface area contributed by atoms with Gasteiger partial charge in [-0.3, -0.25) is 9.59 Å². The first kappa shape index (κ1) is 22.6. The molecule has 0 radical (unpaired) electrons. The van der Waals surface area contributed by atoms with E-state index in [1.54, 1.807) is 6.92 Å². The number of anilines is 1. The number of carbonyl (C=O) groups is 2.